The minimum Gasteiger partial charge on any atom is -0.465 e. The first-order chi connectivity index (χ1) is 11.1. The van der Waals surface area contributed by atoms with Crippen molar-refractivity contribution in [1.29, 1.82) is 5.26 Å². The summed E-state index contributed by atoms with van der Waals surface area (Å²) in [4.78, 5) is 23.3. The summed E-state index contributed by atoms with van der Waals surface area (Å²) in [7, 11) is 1.23. The van der Waals surface area contributed by atoms with Crippen LogP contribution in [-0.4, -0.2) is 19.2 Å². The van der Waals surface area contributed by atoms with Gasteiger partial charge in [-0.05, 0) is 23.8 Å². The molecule has 23 heavy (non-hydrogen) atoms. The fraction of sp³-hybridized carbons (Fsp3) is 0.118. The van der Waals surface area contributed by atoms with Crippen molar-refractivity contribution in [1.82, 2.24) is 0 Å². The van der Waals surface area contributed by atoms with E-state index in [2.05, 4.69) is 10.1 Å². The second-order valence-electron chi connectivity index (χ2n) is 4.55. The number of rotatable bonds is 4. The Morgan fingerprint density at radius 1 is 1.17 bits per heavy atom. The number of amides is 1. The van der Waals surface area contributed by atoms with E-state index < -0.39 is 12.1 Å². The zero-order valence-electron chi connectivity index (χ0n) is 12.4. The molecule has 6 nitrogen and oxygen atoms in total. The van der Waals surface area contributed by atoms with E-state index in [0.717, 1.165) is 5.56 Å². The molecule has 0 aliphatic carbocycles. The van der Waals surface area contributed by atoms with Crippen molar-refractivity contribution < 1.29 is 19.1 Å². The second kappa shape index (κ2) is 7.61. The molecule has 2 aromatic rings. The number of methoxy groups -OCH3 is 1. The molecule has 0 heterocycles. The van der Waals surface area contributed by atoms with E-state index in [4.69, 9.17) is 10.00 Å². The lowest BCUT2D eigenvalue weighted by Gasteiger charge is -2.08. The molecule has 0 saturated carbocycles. The molecule has 116 valence electrons. The number of nitriles is 1. The Kier molecular flexibility index (Phi) is 5.31. The number of hydrogen-bond donors (Lipinski definition) is 1. The highest BCUT2D eigenvalue weighted by atomic mass is 16.5. The third-order valence-corrected chi connectivity index (χ3v) is 3.00. The van der Waals surface area contributed by atoms with Gasteiger partial charge in [0, 0.05) is 5.69 Å². The van der Waals surface area contributed by atoms with Gasteiger partial charge in [-0.25, -0.2) is 9.59 Å². The van der Waals surface area contributed by atoms with E-state index in [0.29, 0.717) is 5.69 Å². The van der Waals surface area contributed by atoms with Crippen LogP contribution in [0.2, 0.25) is 0 Å². The lowest BCUT2D eigenvalue weighted by Crippen LogP contribution is -2.14. The Hall–Kier alpha value is -3.33. The molecule has 0 bridgehead atoms. The SMILES string of the molecule is COC(=O)c1ccc(NC(=O)OCc2ccccc2)cc1C#N. The highest BCUT2D eigenvalue weighted by Crippen LogP contribution is 2.16. The molecule has 0 aliphatic heterocycles. The third kappa shape index (κ3) is 4.32. The number of carbonyl (C=O) groups excluding carboxylic acids is 2. The van der Waals surface area contributed by atoms with Gasteiger partial charge in [-0.1, -0.05) is 30.3 Å². The van der Waals surface area contributed by atoms with Gasteiger partial charge in [-0.15, -0.1) is 0 Å². The predicted molar refractivity (Wildman–Crippen MR) is 82.7 cm³/mol. The van der Waals surface area contributed by atoms with Crippen LogP contribution >= 0.6 is 0 Å². The van der Waals surface area contributed by atoms with Crippen LogP contribution in [0, 0.1) is 11.3 Å². The molecule has 0 unspecified atom stereocenters. The topological polar surface area (TPSA) is 88.4 Å². The summed E-state index contributed by atoms with van der Waals surface area (Å²) in [5.74, 6) is -0.611. The first kappa shape index (κ1) is 16.0. The maximum absolute atomic E-state index is 11.8. The highest BCUT2D eigenvalue weighted by Gasteiger charge is 2.13. The number of esters is 1. The predicted octanol–water partition coefficient (Wildman–Crippen LogP) is 3.09. The maximum atomic E-state index is 11.8. The van der Waals surface area contributed by atoms with Crippen LogP contribution in [0.25, 0.3) is 0 Å². The first-order valence-electron chi connectivity index (χ1n) is 6.74. The summed E-state index contributed by atoms with van der Waals surface area (Å²) in [5, 5.41) is 11.6. The summed E-state index contributed by atoms with van der Waals surface area (Å²) in [5.41, 5.74) is 1.46. The van der Waals surface area contributed by atoms with E-state index in [9.17, 15) is 9.59 Å². The van der Waals surface area contributed by atoms with E-state index in [-0.39, 0.29) is 17.7 Å². The second-order valence-corrected chi connectivity index (χ2v) is 4.55. The van der Waals surface area contributed by atoms with Gasteiger partial charge in [0.15, 0.2) is 0 Å². The first-order valence-corrected chi connectivity index (χ1v) is 6.74. The summed E-state index contributed by atoms with van der Waals surface area (Å²) in [6.07, 6.45) is -0.649. The smallest absolute Gasteiger partial charge is 0.411 e. The minimum absolute atomic E-state index is 0.109. The van der Waals surface area contributed by atoms with E-state index in [1.54, 1.807) is 0 Å². The van der Waals surface area contributed by atoms with E-state index >= 15 is 0 Å². The molecule has 0 aliphatic rings. The molecule has 6 heteroatoms. The van der Waals surface area contributed by atoms with Crippen LogP contribution in [0.4, 0.5) is 10.5 Å². The zero-order valence-corrected chi connectivity index (χ0v) is 12.4. The number of benzene rings is 2. The normalized spacial score (nSPS) is 9.57. The molecule has 2 aromatic carbocycles. The van der Waals surface area contributed by atoms with Gasteiger partial charge in [0.2, 0.25) is 0 Å². The van der Waals surface area contributed by atoms with Gasteiger partial charge >= 0.3 is 12.1 Å². The number of nitrogens with zero attached hydrogens (tertiary/aromatic N) is 1. The molecule has 0 aromatic heterocycles. The van der Waals surface area contributed by atoms with Crippen LogP contribution in [0.15, 0.2) is 48.5 Å². The molecule has 0 fully saturated rings. The van der Waals surface area contributed by atoms with Crippen LogP contribution in [0.5, 0.6) is 0 Å². The minimum atomic E-state index is -0.649. The van der Waals surface area contributed by atoms with Crippen molar-refractivity contribution >= 4 is 17.7 Å². The molecule has 1 amide bonds. The average Bonchev–Trinajstić information content (AvgIpc) is 2.60. The molecule has 0 atom stereocenters. The Labute approximate surface area is 133 Å². The van der Waals surface area contributed by atoms with Gasteiger partial charge in [0.05, 0.1) is 18.2 Å². The lowest BCUT2D eigenvalue weighted by atomic mass is 10.1. The molecular formula is C17H14N2O4. The van der Waals surface area contributed by atoms with E-state index in [1.807, 2.05) is 36.4 Å². The Morgan fingerprint density at radius 3 is 2.57 bits per heavy atom. The fourth-order valence-electron chi connectivity index (χ4n) is 1.88. The van der Waals surface area contributed by atoms with Gasteiger partial charge in [-0.2, -0.15) is 5.26 Å². The largest absolute Gasteiger partial charge is 0.465 e. The number of carbonyl (C=O) groups is 2. The lowest BCUT2D eigenvalue weighted by molar-refractivity contribution is 0.0600. The summed E-state index contributed by atoms with van der Waals surface area (Å²) in [6, 6.07) is 15.4. The van der Waals surface area contributed by atoms with Gasteiger partial charge in [0.25, 0.3) is 0 Å². The fourth-order valence-corrected chi connectivity index (χ4v) is 1.88. The number of hydrogen-bond acceptors (Lipinski definition) is 5. The zero-order chi connectivity index (χ0) is 16.7. The van der Waals surface area contributed by atoms with Crippen molar-refractivity contribution in [2.24, 2.45) is 0 Å². The van der Waals surface area contributed by atoms with Gasteiger partial charge in [0.1, 0.15) is 12.7 Å². The summed E-state index contributed by atoms with van der Waals surface area (Å²) in [6.45, 7) is 0.137. The number of anilines is 1. The summed E-state index contributed by atoms with van der Waals surface area (Å²) >= 11 is 0. The van der Waals surface area contributed by atoms with Crippen molar-refractivity contribution in [2.75, 3.05) is 12.4 Å². The van der Waals surface area contributed by atoms with Crippen LogP contribution in [0.3, 0.4) is 0 Å². The quantitative estimate of drug-likeness (QED) is 0.877. The highest BCUT2D eigenvalue weighted by molar-refractivity contribution is 5.93. The molecule has 2 rings (SSSR count). The molecule has 1 N–H and O–H groups in total. The van der Waals surface area contributed by atoms with Crippen LogP contribution < -0.4 is 5.32 Å². The average molecular weight is 310 g/mol. The molecule has 0 saturated heterocycles. The Balaban J connectivity index is 2.01. The van der Waals surface area contributed by atoms with Gasteiger partial charge < -0.3 is 9.47 Å². The Morgan fingerprint density at radius 2 is 1.91 bits per heavy atom. The van der Waals surface area contributed by atoms with Crippen LogP contribution in [-0.2, 0) is 16.1 Å². The van der Waals surface area contributed by atoms with E-state index in [1.165, 1.54) is 25.3 Å². The van der Waals surface area contributed by atoms with Crippen LogP contribution in [0.1, 0.15) is 21.5 Å². The summed E-state index contributed by atoms with van der Waals surface area (Å²) < 4.78 is 9.66. The third-order valence-electron chi connectivity index (χ3n) is 3.00. The molecule has 0 spiro atoms. The standard InChI is InChI=1S/C17H14N2O4/c1-22-16(20)15-8-7-14(9-13(15)10-18)19-17(21)23-11-12-5-3-2-4-6-12/h2-9H,11H2,1H3,(H,19,21). The Bertz CT molecular complexity index is 751. The molecule has 0 radical (unpaired) electrons. The van der Waals surface area contributed by atoms with Crippen molar-refractivity contribution in [3.05, 3.63) is 65.2 Å². The van der Waals surface area contributed by atoms with Crippen molar-refractivity contribution in [3.63, 3.8) is 0 Å². The van der Waals surface area contributed by atoms with Crippen molar-refractivity contribution in [3.8, 4) is 6.07 Å². The maximum Gasteiger partial charge on any atom is 0.411 e. The number of nitrogens with one attached hydrogen (secondary N) is 1. The van der Waals surface area contributed by atoms with Crippen molar-refractivity contribution in [2.45, 2.75) is 6.61 Å². The monoisotopic (exact) mass is 310 g/mol. The molecular weight excluding hydrogens is 296 g/mol. The van der Waals surface area contributed by atoms with Gasteiger partial charge in [-0.3, -0.25) is 5.32 Å². The number of ether oxygens (including phenoxy) is 2.